The van der Waals surface area contributed by atoms with E-state index >= 15 is 0 Å². The second kappa shape index (κ2) is 7.87. The van der Waals surface area contributed by atoms with Crippen molar-refractivity contribution in [1.29, 1.82) is 0 Å². The third-order valence-corrected chi connectivity index (χ3v) is 6.40. The van der Waals surface area contributed by atoms with Crippen LogP contribution in [0.5, 0.6) is 0 Å². The summed E-state index contributed by atoms with van der Waals surface area (Å²) in [5, 5.41) is 12.7. The van der Waals surface area contributed by atoms with Gasteiger partial charge in [-0.1, -0.05) is 37.3 Å². The Morgan fingerprint density at radius 1 is 1.25 bits per heavy atom. The van der Waals surface area contributed by atoms with Crippen molar-refractivity contribution in [2.24, 2.45) is 5.92 Å². The molecule has 1 fully saturated rings. The maximum absolute atomic E-state index is 12.6. The van der Waals surface area contributed by atoms with E-state index in [-0.39, 0.29) is 11.8 Å². The van der Waals surface area contributed by atoms with Gasteiger partial charge in [0.05, 0.1) is 11.0 Å². The van der Waals surface area contributed by atoms with Crippen LogP contribution in [0.1, 0.15) is 44.5 Å². The van der Waals surface area contributed by atoms with Gasteiger partial charge < -0.3 is 14.8 Å². The largest absolute Gasteiger partial charge is 0.342 e. The van der Waals surface area contributed by atoms with E-state index < -0.39 is 0 Å². The Morgan fingerprint density at radius 3 is 2.68 bits per heavy atom. The first-order chi connectivity index (χ1) is 13.6. The summed E-state index contributed by atoms with van der Waals surface area (Å²) >= 11 is 1.46. The van der Waals surface area contributed by atoms with Gasteiger partial charge in [0.1, 0.15) is 5.01 Å². The van der Waals surface area contributed by atoms with Crippen molar-refractivity contribution in [3.63, 3.8) is 0 Å². The maximum atomic E-state index is 12.6. The number of hydrogen-bond donors (Lipinski definition) is 1. The lowest BCUT2D eigenvalue weighted by Crippen LogP contribution is -2.39. The van der Waals surface area contributed by atoms with E-state index in [1.54, 1.807) is 0 Å². The van der Waals surface area contributed by atoms with Crippen LogP contribution in [0.25, 0.3) is 11.0 Å². The molecular weight excluding hydrogens is 372 g/mol. The first-order valence-corrected chi connectivity index (χ1v) is 10.7. The van der Waals surface area contributed by atoms with Crippen LogP contribution in [0.4, 0.5) is 11.1 Å². The first kappa shape index (κ1) is 18.9. The summed E-state index contributed by atoms with van der Waals surface area (Å²) < 4.78 is 2.25. The standard InChI is InChI=1S/C20H26N6OS/c1-4-26-16-8-6-5-7-15(16)21-20(26)25-11-9-14(10-12-25)17(27)22-19-24-23-18(28-19)13(2)3/h5-8,13-14H,4,9-12H2,1-3H3,(H,22,24,27). The van der Waals surface area contributed by atoms with Gasteiger partial charge in [0.25, 0.3) is 0 Å². The van der Waals surface area contributed by atoms with Gasteiger partial charge in [0, 0.05) is 31.5 Å². The molecule has 0 spiro atoms. The minimum atomic E-state index is 0.00195. The Balaban J connectivity index is 1.41. The fourth-order valence-electron chi connectivity index (χ4n) is 3.68. The molecule has 8 heteroatoms. The highest BCUT2D eigenvalue weighted by atomic mass is 32.1. The molecule has 0 radical (unpaired) electrons. The minimum absolute atomic E-state index is 0.00195. The predicted octanol–water partition coefficient (Wildman–Crippen LogP) is 3.89. The topological polar surface area (TPSA) is 75.9 Å². The van der Waals surface area contributed by atoms with Gasteiger partial charge in [-0.15, -0.1) is 10.2 Å². The van der Waals surface area contributed by atoms with E-state index in [4.69, 9.17) is 4.98 Å². The molecule has 0 saturated carbocycles. The Morgan fingerprint density at radius 2 is 2.00 bits per heavy atom. The molecule has 0 atom stereocenters. The van der Waals surface area contributed by atoms with Crippen molar-refractivity contribution in [1.82, 2.24) is 19.7 Å². The van der Waals surface area contributed by atoms with Crippen LogP contribution in [-0.2, 0) is 11.3 Å². The molecule has 4 rings (SSSR count). The summed E-state index contributed by atoms with van der Waals surface area (Å²) in [5.41, 5.74) is 2.19. The van der Waals surface area contributed by atoms with Crippen LogP contribution in [0.2, 0.25) is 0 Å². The Hall–Kier alpha value is -2.48. The monoisotopic (exact) mass is 398 g/mol. The summed E-state index contributed by atoms with van der Waals surface area (Å²) in [6.45, 7) is 8.83. The maximum Gasteiger partial charge on any atom is 0.229 e. The SMILES string of the molecule is CCn1c(N2CCC(C(=O)Nc3nnc(C(C)C)s3)CC2)nc2ccccc21. The van der Waals surface area contributed by atoms with E-state index in [0.717, 1.165) is 54.5 Å². The lowest BCUT2D eigenvalue weighted by Gasteiger charge is -2.32. The number of amides is 1. The van der Waals surface area contributed by atoms with Crippen molar-refractivity contribution in [2.45, 2.75) is 46.1 Å². The van der Waals surface area contributed by atoms with Crippen LogP contribution in [0, 0.1) is 5.92 Å². The summed E-state index contributed by atoms with van der Waals surface area (Å²) in [4.78, 5) is 19.8. The van der Waals surface area contributed by atoms with Crippen molar-refractivity contribution >= 4 is 39.4 Å². The second-order valence-corrected chi connectivity index (χ2v) is 8.50. The van der Waals surface area contributed by atoms with E-state index in [2.05, 4.69) is 64.0 Å². The van der Waals surface area contributed by atoms with Gasteiger partial charge in [-0.3, -0.25) is 4.79 Å². The quantitative estimate of drug-likeness (QED) is 0.706. The normalized spacial score (nSPS) is 15.5. The number of aryl methyl sites for hydroxylation is 1. The molecule has 3 heterocycles. The molecule has 2 aromatic heterocycles. The van der Waals surface area contributed by atoms with Gasteiger partial charge in [-0.05, 0) is 31.9 Å². The van der Waals surface area contributed by atoms with E-state index in [9.17, 15) is 4.79 Å². The molecule has 1 saturated heterocycles. The third kappa shape index (κ3) is 3.61. The highest BCUT2D eigenvalue weighted by Gasteiger charge is 2.28. The summed E-state index contributed by atoms with van der Waals surface area (Å²) in [7, 11) is 0. The van der Waals surface area contributed by atoms with Crippen molar-refractivity contribution in [3.05, 3.63) is 29.3 Å². The molecule has 1 amide bonds. The smallest absolute Gasteiger partial charge is 0.229 e. The molecule has 0 bridgehead atoms. The van der Waals surface area contributed by atoms with Crippen molar-refractivity contribution in [2.75, 3.05) is 23.3 Å². The predicted molar refractivity (Wildman–Crippen MR) is 113 cm³/mol. The number of carbonyl (C=O) groups excluding carboxylic acids is 1. The number of carbonyl (C=O) groups is 1. The number of aromatic nitrogens is 4. The van der Waals surface area contributed by atoms with Gasteiger partial charge in [0.2, 0.25) is 17.0 Å². The fourth-order valence-corrected chi connectivity index (χ4v) is 4.43. The lowest BCUT2D eigenvalue weighted by molar-refractivity contribution is -0.120. The second-order valence-electron chi connectivity index (χ2n) is 7.50. The van der Waals surface area contributed by atoms with Gasteiger partial charge in [-0.25, -0.2) is 4.98 Å². The molecule has 1 N–H and O–H groups in total. The van der Waals surface area contributed by atoms with Crippen LogP contribution < -0.4 is 10.2 Å². The summed E-state index contributed by atoms with van der Waals surface area (Å²) in [6, 6.07) is 8.24. The summed E-state index contributed by atoms with van der Waals surface area (Å²) in [6.07, 6.45) is 1.63. The number of nitrogens with zero attached hydrogens (tertiary/aromatic N) is 5. The number of anilines is 2. The summed E-state index contributed by atoms with van der Waals surface area (Å²) in [5.74, 6) is 1.38. The molecular formula is C20H26N6OS. The van der Waals surface area contributed by atoms with E-state index in [1.807, 2.05) is 6.07 Å². The van der Waals surface area contributed by atoms with Crippen LogP contribution >= 0.6 is 11.3 Å². The molecule has 1 aromatic carbocycles. The number of nitrogens with one attached hydrogen (secondary N) is 1. The molecule has 1 aliphatic heterocycles. The third-order valence-electron chi connectivity index (χ3n) is 5.26. The molecule has 0 aliphatic carbocycles. The van der Waals surface area contributed by atoms with E-state index in [0.29, 0.717) is 11.0 Å². The number of piperidine rings is 1. The molecule has 148 valence electrons. The van der Waals surface area contributed by atoms with Gasteiger partial charge >= 0.3 is 0 Å². The minimum Gasteiger partial charge on any atom is -0.342 e. The fraction of sp³-hybridized carbons (Fsp3) is 0.500. The van der Waals surface area contributed by atoms with Crippen molar-refractivity contribution in [3.8, 4) is 0 Å². The molecule has 0 unspecified atom stereocenters. The Labute approximate surface area is 168 Å². The van der Waals surface area contributed by atoms with Gasteiger partial charge in [-0.2, -0.15) is 0 Å². The van der Waals surface area contributed by atoms with E-state index in [1.165, 1.54) is 11.3 Å². The molecule has 7 nitrogen and oxygen atoms in total. The zero-order valence-corrected chi connectivity index (χ0v) is 17.4. The highest BCUT2D eigenvalue weighted by Crippen LogP contribution is 2.28. The number of para-hydroxylation sites is 2. The zero-order chi connectivity index (χ0) is 19.7. The number of imidazole rings is 1. The number of benzene rings is 1. The number of hydrogen-bond acceptors (Lipinski definition) is 6. The average molecular weight is 399 g/mol. The average Bonchev–Trinajstić information content (AvgIpc) is 3.32. The van der Waals surface area contributed by atoms with Crippen LogP contribution in [0.15, 0.2) is 24.3 Å². The first-order valence-electron chi connectivity index (χ1n) is 9.91. The Kier molecular flexibility index (Phi) is 5.30. The van der Waals surface area contributed by atoms with Crippen LogP contribution in [0.3, 0.4) is 0 Å². The molecule has 28 heavy (non-hydrogen) atoms. The number of fused-ring (bicyclic) bond motifs is 1. The molecule has 1 aliphatic rings. The zero-order valence-electron chi connectivity index (χ0n) is 16.6. The Bertz CT molecular complexity index is 970. The van der Waals surface area contributed by atoms with Gasteiger partial charge in [0.15, 0.2) is 0 Å². The molecule has 3 aromatic rings. The highest BCUT2D eigenvalue weighted by molar-refractivity contribution is 7.15. The lowest BCUT2D eigenvalue weighted by atomic mass is 9.96. The number of rotatable bonds is 5. The van der Waals surface area contributed by atoms with Crippen molar-refractivity contribution < 1.29 is 4.79 Å². The van der Waals surface area contributed by atoms with Crippen LogP contribution in [-0.4, -0.2) is 38.7 Å².